The van der Waals surface area contributed by atoms with E-state index < -0.39 is 11.6 Å². The van der Waals surface area contributed by atoms with Gasteiger partial charge in [0.2, 0.25) is 0 Å². The molecule has 1 fully saturated rings. The minimum Gasteiger partial charge on any atom is -0.469 e. The van der Waals surface area contributed by atoms with Crippen molar-refractivity contribution < 1.29 is 14.3 Å². The fourth-order valence-corrected chi connectivity index (χ4v) is 2.62. The van der Waals surface area contributed by atoms with E-state index >= 15 is 0 Å². The topological polar surface area (TPSA) is 67.4 Å². The summed E-state index contributed by atoms with van der Waals surface area (Å²) < 4.78 is 4.67. The Morgan fingerprint density at radius 1 is 1.33 bits per heavy atom. The maximum Gasteiger partial charge on any atom is 0.319 e. The highest BCUT2D eigenvalue weighted by Crippen LogP contribution is 2.35. The smallest absolute Gasteiger partial charge is 0.319 e. The van der Waals surface area contributed by atoms with Gasteiger partial charge >= 0.3 is 12.0 Å². The predicted molar refractivity (Wildman–Crippen MR) is 81.8 cm³/mol. The Labute approximate surface area is 132 Å². The van der Waals surface area contributed by atoms with E-state index in [1.54, 1.807) is 18.2 Å². The van der Waals surface area contributed by atoms with Crippen molar-refractivity contribution >= 4 is 40.9 Å². The van der Waals surface area contributed by atoms with Crippen molar-refractivity contribution in [1.29, 1.82) is 0 Å². The third kappa shape index (κ3) is 4.02. The highest BCUT2D eigenvalue weighted by molar-refractivity contribution is 6.35. The number of hydrogen-bond acceptors (Lipinski definition) is 3. The Balaban J connectivity index is 2.00. The minimum absolute atomic E-state index is 0.167. The molecule has 1 aromatic rings. The van der Waals surface area contributed by atoms with Gasteiger partial charge in [-0.1, -0.05) is 23.2 Å². The lowest BCUT2D eigenvalue weighted by molar-refractivity contribution is -0.143. The molecule has 2 amide bonds. The number of hydrogen-bond donors (Lipinski definition) is 2. The van der Waals surface area contributed by atoms with Gasteiger partial charge in [0.15, 0.2) is 0 Å². The molecule has 0 saturated heterocycles. The van der Waals surface area contributed by atoms with Gasteiger partial charge in [-0.15, -0.1) is 0 Å². The van der Waals surface area contributed by atoms with Gasteiger partial charge in [-0.25, -0.2) is 4.79 Å². The van der Waals surface area contributed by atoms with Crippen LogP contribution in [0.5, 0.6) is 0 Å². The van der Waals surface area contributed by atoms with Crippen LogP contribution in [0.4, 0.5) is 10.5 Å². The van der Waals surface area contributed by atoms with E-state index in [1.165, 1.54) is 7.11 Å². The largest absolute Gasteiger partial charge is 0.469 e. The van der Waals surface area contributed by atoms with E-state index in [2.05, 4.69) is 15.4 Å². The number of ether oxygens (including phenoxy) is 1. The quantitative estimate of drug-likeness (QED) is 0.829. The summed E-state index contributed by atoms with van der Waals surface area (Å²) in [4.78, 5) is 23.5. The zero-order valence-corrected chi connectivity index (χ0v) is 13.1. The summed E-state index contributed by atoms with van der Waals surface area (Å²) in [6.07, 6.45) is 2.63. The molecule has 1 saturated carbocycles. The monoisotopic (exact) mass is 330 g/mol. The first-order valence-corrected chi connectivity index (χ1v) is 7.31. The zero-order chi connectivity index (χ0) is 15.5. The molecule has 5 nitrogen and oxygen atoms in total. The zero-order valence-electron chi connectivity index (χ0n) is 11.5. The number of amides is 2. The molecule has 0 unspecified atom stereocenters. The molecule has 0 aromatic heterocycles. The fraction of sp³-hybridized carbons (Fsp3) is 0.429. The molecule has 0 radical (unpaired) electrons. The van der Waals surface area contributed by atoms with Gasteiger partial charge in [-0.2, -0.15) is 0 Å². The van der Waals surface area contributed by atoms with Crippen LogP contribution in [-0.4, -0.2) is 24.6 Å². The molecule has 0 spiro atoms. The number of benzene rings is 1. The Morgan fingerprint density at radius 3 is 2.62 bits per heavy atom. The van der Waals surface area contributed by atoms with Gasteiger partial charge in [-0.05, 0) is 37.5 Å². The number of carbonyl (C=O) groups is 2. The predicted octanol–water partition coefficient (Wildman–Crippen LogP) is 3.60. The number of rotatable bonds is 4. The summed E-state index contributed by atoms with van der Waals surface area (Å²) >= 11 is 11.9. The van der Waals surface area contributed by atoms with Crippen molar-refractivity contribution in [3.8, 4) is 0 Å². The summed E-state index contributed by atoms with van der Waals surface area (Å²) in [6.45, 7) is 0. The van der Waals surface area contributed by atoms with E-state index in [1.807, 2.05) is 0 Å². The minimum atomic E-state index is -0.526. The SMILES string of the molecule is COC(=O)CC1(NC(=O)Nc2cc(Cl)ccc2Cl)CCC1. The summed E-state index contributed by atoms with van der Waals surface area (Å²) in [7, 11) is 1.33. The van der Waals surface area contributed by atoms with Crippen LogP contribution in [0.2, 0.25) is 10.0 Å². The molecule has 0 aliphatic heterocycles. The highest BCUT2D eigenvalue weighted by Gasteiger charge is 2.40. The Hall–Kier alpha value is -1.46. The van der Waals surface area contributed by atoms with E-state index in [9.17, 15) is 9.59 Å². The lowest BCUT2D eigenvalue weighted by Gasteiger charge is -2.41. The van der Waals surface area contributed by atoms with Crippen LogP contribution < -0.4 is 10.6 Å². The normalized spacial score (nSPS) is 15.8. The van der Waals surface area contributed by atoms with Gasteiger partial charge in [0.25, 0.3) is 0 Å². The van der Waals surface area contributed by atoms with Gasteiger partial charge in [0, 0.05) is 5.02 Å². The van der Waals surface area contributed by atoms with Crippen LogP contribution in [0, 0.1) is 0 Å². The van der Waals surface area contributed by atoms with Crippen LogP contribution >= 0.6 is 23.2 Å². The fourth-order valence-electron chi connectivity index (χ4n) is 2.29. The van der Waals surface area contributed by atoms with Crippen LogP contribution in [0.1, 0.15) is 25.7 Å². The second kappa shape index (κ2) is 6.54. The molecule has 7 heteroatoms. The third-order valence-corrected chi connectivity index (χ3v) is 4.14. The number of urea groups is 1. The summed E-state index contributed by atoms with van der Waals surface area (Å²) in [6, 6.07) is 4.39. The van der Waals surface area contributed by atoms with Crippen molar-refractivity contribution in [2.24, 2.45) is 0 Å². The van der Waals surface area contributed by atoms with Crippen molar-refractivity contribution in [2.45, 2.75) is 31.2 Å². The Morgan fingerprint density at radius 2 is 2.05 bits per heavy atom. The number of nitrogens with one attached hydrogen (secondary N) is 2. The molecule has 1 aliphatic rings. The maximum absolute atomic E-state index is 12.1. The number of esters is 1. The summed E-state index contributed by atoms with van der Waals surface area (Å²) in [5.41, 5.74) is -0.100. The van der Waals surface area contributed by atoms with Crippen LogP contribution in [-0.2, 0) is 9.53 Å². The third-order valence-electron chi connectivity index (χ3n) is 3.58. The molecule has 2 rings (SSSR count). The summed E-state index contributed by atoms with van der Waals surface area (Å²) in [5, 5.41) is 6.35. The van der Waals surface area contributed by atoms with Gasteiger partial charge in [0.05, 0.1) is 29.8 Å². The molecule has 114 valence electrons. The van der Waals surface area contributed by atoms with E-state index in [-0.39, 0.29) is 12.4 Å². The molecule has 0 atom stereocenters. The van der Waals surface area contributed by atoms with Crippen LogP contribution in [0.3, 0.4) is 0 Å². The van der Waals surface area contributed by atoms with E-state index in [0.717, 1.165) is 19.3 Å². The highest BCUT2D eigenvalue weighted by atomic mass is 35.5. The lowest BCUT2D eigenvalue weighted by atomic mass is 9.74. The molecule has 0 bridgehead atoms. The van der Waals surface area contributed by atoms with Crippen LogP contribution in [0.25, 0.3) is 0 Å². The lowest BCUT2D eigenvalue weighted by Crippen LogP contribution is -2.55. The second-order valence-corrected chi connectivity index (χ2v) is 5.93. The molecule has 1 aromatic carbocycles. The Kier molecular flexibility index (Phi) is 4.96. The van der Waals surface area contributed by atoms with Gasteiger partial charge in [-0.3, -0.25) is 4.79 Å². The number of carbonyl (C=O) groups excluding carboxylic acids is 2. The second-order valence-electron chi connectivity index (χ2n) is 5.09. The molecule has 21 heavy (non-hydrogen) atoms. The number of halogens is 2. The Bertz CT molecular complexity index is 559. The average molecular weight is 331 g/mol. The first kappa shape index (κ1) is 15.9. The standard InChI is InChI=1S/C14H16Cl2N2O3/c1-21-12(19)8-14(5-2-6-14)18-13(20)17-11-7-9(15)3-4-10(11)16/h3-4,7H,2,5-6,8H2,1H3,(H2,17,18,20). The van der Waals surface area contributed by atoms with Gasteiger partial charge < -0.3 is 15.4 Å². The maximum atomic E-state index is 12.1. The van der Waals surface area contributed by atoms with Crippen molar-refractivity contribution in [3.05, 3.63) is 28.2 Å². The number of methoxy groups -OCH3 is 1. The molecule has 1 aliphatic carbocycles. The van der Waals surface area contributed by atoms with Crippen molar-refractivity contribution in [1.82, 2.24) is 5.32 Å². The molecular formula is C14H16Cl2N2O3. The summed E-state index contributed by atoms with van der Waals surface area (Å²) in [5.74, 6) is -0.337. The first-order chi connectivity index (χ1) is 9.94. The van der Waals surface area contributed by atoms with Crippen LogP contribution in [0.15, 0.2) is 18.2 Å². The first-order valence-electron chi connectivity index (χ1n) is 6.55. The van der Waals surface area contributed by atoms with Crippen molar-refractivity contribution in [2.75, 3.05) is 12.4 Å². The van der Waals surface area contributed by atoms with Crippen molar-refractivity contribution in [3.63, 3.8) is 0 Å². The molecule has 2 N–H and O–H groups in total. The number of anilines is 1. The van der Waals surface area contributed by atoms with Gasteiger partial charge in [0.1, 0.15) is 0 Å². The van der Waals surface area contributed by atoms with E-state index in [0.29, 0.717) is 15.7 Å². The average Bonchev–Trinajstić information content (AvgIpc) is 2.40. The molecule has 0 heterocycles. The molecular weight excluding hydrogens is 315 g/mol. The van der Waals surface area contributed by atoms with E-state index in [4.69, 9.17) is 23.2 Å².